The molecular weight excluding hydrogens is 556 g/mol. The molecule has 0 bridgehead atoms. The Hall–Kier alpha value is -3.05. The van der Waals surface area contributed by atoms with Gasteiger partial charge < -0.3 is 15.2 Å². The highest BCUT2D eigenvalue weighted by atomic mass is 35.5. The second-order valence-corrected chi connectivity index (χ2v) is 14.2. The number of halogens is 1. The van der Waals surface area contributed by atoms with Crippen molar-refractivity contribution in [2.75, 3.05) is 11.9 Å². The van der Waals surface area contributed by atoms with Crippen molar-refractivity contribution in [2.24, 2.45) is 11.8 Å². The molecule has 43 heavy (non-hydrogen) atoms. The summed E-state index contributed by atoms with van der Waals surface area (Å²) in [6.07, 6.45) is 10.3. The number of ether oxygens (including phenoxy) is 1. The summed E-state index contributed by atoms with van der Waals surface area (Å²) in [6, 6.07) is 14.3. The molecule has 0 saturated heterocycles. The number of hydrogen-bond acceptors (Lipinski definition) is 4. The molecule has 1 fully saturated rings. The lowest BCUT2D eigenvalue weighted by Gasteiger charge is -2.47. The first-order chi connectivity index (χ1) is 20.6. The van der Waals surface area contributed by atoms with Gasteiger partial charge in [-0.1, -0.05) is 43.6 Å². The molecule has 2 aromatic carbocycles. The molecule has 228 valence electrons. The molecule has 3 aliphatic rings. The standard InChI is InChI=1S/C37H45ClN2O3/c1-23(22-43-33-11-16-39-32-10-5-7-24(2)34(32)33)17-28-20-27-18-25(3)26(4)19-31(27)36(28)12-14-37(15-13-36,35(41)42)40-30-9-6-8-29(38)21-30/h6,8-9,11,16,18-19,21,23-24,28,40H,5,7,10,12-15,17,20,22H2,1-4H3,(H,41,42)/t23-,24-,28?,36?,37?/m1/s1. The molecule has 3 aromatic rings. The van der Waals surface area contributed by atoms with E-state index in [1.54, 1.807) is 0 Å². The lowest BCUT2D eigenvalue weighted by molar-refractivity contribution is -0.144. The summed E-state index contributed by atoms with van der Waals surface area (Å²) in [5, 5.41) is 14.5. The van der Waals surface area contributed by atoms with E-state index in [4.69, 9.17) is 16.3 Å². The predicted octanol–water partition coefficient (Wildman–Crippen LogP) is 8.82. The van der Waals surface area contributed by atoms with Crippen molar-refractivity contribution < 1.29 is 14.6 Å². The van der Waals surface area contributed by atoms with E-state index in [0.29, 0.717) is 42.2 Å². The molecule has 6 heteroatoms. The van der Waals surface area contributed by atoms with Crippen LogP contribution in [0.25, 0.3) is 0 Å². The molecule has 0 aliphatic heterocycles. The number of benzene rings is 2. The van der Waals surface area contributed by atoms with E-state index in [0.717, 1.165) is 43.5 Å². The molecule has 1 unspecified atom stereocenters. The van der Waals surface area contributed by atoms with Gasteiger partial charge in [-0.05, 0) is 141 Å². The van der Waals surface area contributed by atoms with Gasteiger partial charge in [0.25, 0.3) is 0 Å². The van der Waals surface area contributed by atoms with Gasteiger partial charge >= 0.3 is 5.97 Å². The van der Waals surface area contributed by atoms with Crippen molar-refractivity contribution in [1.82, 2.24) is 4.98 Å². The lowest BCUT2D eigenvalue weighted by atomic mass is 9.59. The number of aliphatic carboxylic acids is 1. The van der Waals surface area contributed by atoms with Gasteiger partial charge in [0.05, 0.1) is 6.61 Å². The van der Waals surface area contributed by atoms with Crippen molar-refractivity contribution in [1.29, 1.82) is 0 Å². The van der Waals surface area contributed by atoms with E-state index in [1.165, 1.54) is 46.4 Å². The Morgan fingerprint density at radius 1 is 1.14 bits per heavy atom. The Balaban J connectivity index is 1.23. The molecule has 1 heterocycles. The van der Waals surface area contributed by atoms with Crippen LogP contribution in [-0.2, 0) is 23.1 Å². The highest BCUT2D eigenvalue weighted by molar-refractivity contribution is 6.30. The number of aryl methyl sites for hydroxylation is 3. The number of rotatable bonds is 8. The fourth-order valence-corrected chi connectivity index (χ4v) is 8.58. The van der Waals surface area contributed by atoms with Crippen LogP contribution in [0, 0.1) is 25.7 Å². The number of carboxylic acids is 1. The molecule has 0 radical (unpaired) electrons. The van der Waals surface area contributed by atoms with Crippen molar-refractivity contribution in [3.8, 4) is 5.75 Å². The van der Waals surface area contributed by atoms with Gasteiger partial charge in [-0.3, -0.25) is 4.98 Å². The van der Waals surface area contributed by atoms with Crippen molar-refractivity contribution >= 4 is 23.3 Å². The number of carboxylic acid groups (broad SMARTS) is 1. The molecule has 1 spiro atoms. The minimum absolute atomic E-state index is 0.0264. The highest BCUT2D eigenvalue weighted by Crippen LogP contribution is 2.56. The van der Waals surface area contributed by atoms with Gasteiger partial charge in [0, 0.05) is 28.2 Å². The van der Waals surface area contributed by atoms with Gasteiger partial charge in [-0.15, -0.1) is 0 Å². The number of nitrogens with one attached hydrogen (secondary N) is 1. The minimum Gasteiger partial charge on any atom is -0.493 e. The summed E-state index contributed by atoms with van der Waals surface area (Å²) in [5.41, 5.74) is 7.79. The maximum atomic E-state index is 12.8. The first kappa shape index (κ1) is 30.0. The molecule has 2 N–H and O–H groups in total. The zero-order valence-corrected chi connectivity index (χ0v) is 26.8. The largest absolute Gasteiger partial charge is 0.493 e. The van der Waals surface area contributed by atoms with Crippen LogP contribution in [0.1, 0.15) is 98.2 Å². The van der Waals surface area contributed by atoms with Gasteiger partial charge in [0.2, 0.25) is 0 Å². The first-order valence-electron chi connectivity index (χ1n) is 16.1. The zero-order chi connectivity index (χ0) is 30.4. The Morgan fingerprint density at radius 2 is 1.91 bits per heavy atom. The van der Waals surface area contributed by atoms with Gasteiger partial charge in [-0.2, -0.15) is 0 Å². The van der Waals surface area contributed by atoms with Crippen LogP contribution in [-0.4, -0.2) is 28.2 Å². The Bertz CT molecular complexity index is 1510. The number of hydrogen-bond donors (Lipinski definition) is 2. The predicted molar refractivity (Wildman–Crippen MR) is 174 cm³/mol. The summed E-state index contributed by atoms with van der Waals surface area (Å²) in [6.45, 7) is 9.69. The fraction of sp³-hybridized carbons (Fsp3) is 0.514. The number of carbonyl (C=O) groups is 1. The van der Waals surface area contributed by atoms with E-state index in [9.17, 15) is 9.90 Å². The Morgan fingerprint density at radius 3 is 2.65 bits per heavy atom. The first-order valence-corrected chi connectivity index (χ1v) is 16.5. The maximum absolute atomic E-state index is 12.8. The Kier molecular flexibility index (Phi) is 8.23. The molecule has 6 rings (SSSR count). The van der Waals surface area contributed by atoms with Crippen LogP contribution in [0.4, 0.5) is 5.69 Å². The average Bonchev–Trinajstić information content (AvgIpc) is 3.24. The van der Waals surface area contributed by atoms with E-state index in [2.05, 4.69) is 50.1 Å². The summed E-state index contributed by atoms with van der Waals surface area (Å²) >= 11 is 6.24. The minimum atomic E-state index is -1.01. The molecule has 5 nitrogen and oxygen atoms in total. The lowest BCUT2D eigenvalue weighted by Crippen LogP contribution is -2.53. The van der Waals surface area contributed by atoms with Gasteiger partial charge in [0.15, 0.2) is 0 Å². The maximum Gasteiger partial charge on any atom is 0.329 e. The smallest absolute Gasteiger partial charge is 0.329 e. The molecule has 3 aliphatic carbocycles. The van der Waals surface area contributed by atoms with Crippen LogP contribution in [0.5, 0.6) is 5.75 Å². The fourth-order valence-electron chi connectivity index (χ4n) is 8.39. The van der Waals surface area contributed by atoms with Crippen LogP contribution < -0.4 is 10.1 Å². The second kappa shape index (κ2) is 11.8. The van der Waals surface area contributed by atoms with Crippen LogP contribution in [0.3, 0.4) is 0 Å². The monoisotopic (exact) mass is 600 g/mol. The third-order valence-corrected chi connectivity index (χ3v) is 11.1. The van der Waals surface area contributed by atoms with Crippen LogP contribution >= 0.6 is 11.6 Å². The van der Waals surface area contributed by atoms with E-state index < -0.39 is 11.5 Å². The highest BCUT2D eigenvalue weighted by Gasteiger charge is 2.54. The summed E-state index contributed by atoms with van der Waals surface area (Å²) in [7, 11) is 0. The molecular formula is C37H45ClN2O3. The summed E-state index contributed by atoms with van der Waals surface area (Å²) in [4.78, 5) is 17.5. The number of anilines is 1. The van der Waals surface area contributed by atoms with Crippen molar-refractivity contribution in [3.63, 3.8) is 0 Å². The molecule has 1 saturated carbocycles. The van der Waals surface area contributed by atoms with E-state index >= 15 is 0 Å². The zero-order valence-electron chi connectivity index (χ0n) is 26.0. The van der Waals surface area contributed by atoms with Crippen molar-refractivity contribution in [2.45, 2.75) is 102 Å². The third kappa shape index (κ3) is 5.66. The topological polar surface area (TPSA) is 71.5 Å². The SMILES string of the molecule is Cc1cc2c(cc1C)C1(CCC(Nc3cccc(Cl)c3)(C(=O)O)CC1)C(C[C@@H](C)COc1ccnc3c1[C@H](C)CCC3)C2. The summed E-state index contributed by atoms with van der Waals surface area (Å²) in [5.74, 6) is 1.53. The molecule has 1 aromatic heterocycles. The number of aromatic nitrogens is 1. The summed E-state index contributed by atoms with van der Waals surface area (Å²) < 4.78 is 6.54. The van der Waals surface area contributed by atoms with Crippen LogP contribution in [0.15, 0.2) is 48.7 Å². The number of fused-ring (bicyclic) bond motifs is 3. The van der Waals surface area contributed by atoms with Gasteiger partial charge in [-0.25, -0.2) is 4.79 Å². The quantitative estimate of drug-likeness (QED) is 0.270. The average molecular weight is 601 g/mol. The van der Waals surface area contributed by atoms with Crippen molar-refractivity contribution in [3.05, 3.63) is 87.2 Å². The van der Waals surface area contributed by atoms with Crippen LogP contribution in [0.2, 0.25) is 5.02 Å². The molecule has 0 amide bonds. The number of pyridine rings is 1. The number of nitrogens with zero attached hydrogens (tertiary/aromatic N) is 1. The normalized spacial score (nSPS) is 26.9. The Labute approximate surface area is 261 Å². The van der Waals surface area contributed by atoms with E-state index in [1.807, 2.05) is 36.5 Å². The molecule has 3 atom stereocenters. The third-order valence-electron chi connectivity index (χ3n) is 10.9. The van der Waals surface area contributed by atoms with E-state index in [-0.39, 0.29) is 5.41 Å². The second-order valence-electron chi connectivity index (χ2n) is 13.8. The van der Waals surface area contributed by atoms with Gasteiger partial charge in [0.1, 0.15) is 11.3 Å².